The van der Waals surface area contributed by atoms with E-state index in [0.29, 0.717) is 0 Å². The van der Waals surface area contributed by atoms with Gasteiger partial charge in [0.15, 0.2) is 5.82 Å². The number of hydrogen-bond acceptors (Lipinski definition) is 2. The Morgan fingerprint density at radius 3 is 2.58 bits per heavy atom. The number of halogens is 4. The summed E-state index contributed by atoms with van der Waals surface area (Å²) in [6.45, 7) is 0. The molecule has 0 radical (unpaired) electrons. The zero-order valence-corrected chi connectivity index (χ0v) is 11.7. The zero-order chi connectivity index (χ0) is 14.0. The smallest absolute Gasteiger partial charge is 0.162 e. The number of nitrogens with one attached hydrogen (secondary N) is 1. The summed E-state index contributed by atoms with van der Waals surface area (Å²) < 4.78 is 27.6. The van der Waals surface area contributed by atoms with E-state index in [1.54, 1.807) is 0 Å². The van der Waals surface area contributed by atoms with Gasteiger partial charge in [-0.15, -0.1) is 0 Å². The Bertz CT molecular complexity index is 663. The van der Waals surface area contributed by atoms with Gasteiger partial charge in [-0.3, -0.25) is 0 Å². The van der Waals surface area contributed by atoms with Crippen LogP contribution < -0.4 is 5.32 Å². The van der Waals surface area contributed by atoms with Crippen molar-refractivity contribution in [2.24, 2.45) is 0 Å². The molecular formula is C13H6BrClF2N2. The van der Waals surface area contributed by atoms with Crippen LogP contribution in [0.25, 0.3) is 0 Å². The Balaban J connectivity index is 2.46. The molecule has 96 valence electrons. The Hall–Kier alpha value is -1.64. The highest BCUT2D eigenvalue weighted by Crippen LogP contribution is 2.32. The number of hydrogen-bond donors (Lipinski definition) is 1. The van der Waals surface area contributed by atoms with Crippen LogP contribution in [0.15, 0.2) is 34.8 Å². The lowest BCUT2D eigenvalue weighted by Crippen LogP contribution is -1.99. The van der Waals surface area contributed by atoms with Crippen molar-refractivity contribution in [3.8, 4) is 6.07 Å². The van der Waals surface area contributed by atoms with Crippen molar-refractivity contribution < 1.29 is 8.78 Å². The maximum atomic E-state index is 14.0. The van der Waals surface area contributed by atoms with Crippen LogP contribution >= 0.6 is 27.5 Å². The molecule has 2 nitrogen and oxygen atoms in total. The molecular weight excluding hydrogens is 338 g/mol. The molecule has 0 aliphatic carbocycles. The molecule has 0 aliphatic heterocycles. The number of para-hydroxylation sites is 1. The Morgan fingerprint density at radius 2 is 1.95 bits per heavy atom. The molecule has 2 rings (SSSR count). The average Bonchev–Trinajstić information content (AvgIpc) is 2.39. The van der Waals surface area contributed by atoms with Gasteiger partial charge in [-0.25, -0.2) is 8.78 Å². The summed E-state index contributed by atoms with van der Waals surface area (Å²) >= 11 is 8.82. The lowest BCUT2D eigenvalue weighted by atomic mass is 10.2. The van der Waals surface area contributed by atoms with Crippen molar-refractivity contribution in [1.29, 1.82) is 5.26 Å². The summed E-state index contributed by atoms with van der Waals surface area (Å²) in [4.78, 5) is 0. The molecule has 0 unspecified atom stereocenters. The third-order valence-electron chi connectivity index (χ3n) is 2.43. The maximum Gasteiger partial charge on any atom is 0.162 e. The number of benzene rings is 2. The largest absolute Gasteiger partial charge is 0.349 e. The van der Waals surface area contributed by atoms with Crippen molar-refractivity contribution >= 4 is 38.9 Å². The van der Waals surface area contributed by atoms with E-state index < -0.39 is 11.6 Å². The van der Waals surface area contributed by atoms with Crippen LogP contribution in [0.4, 0.5) is 20.2 Å². The maximum absolute atomic E-state index is 14.0. The molecule has 0 heterocycles. The fourth-order valence-electron chi connectivity index (χ4n) is 1.48. The quantitative estimate of drug-likeness (QED) is 0.833. The first-order valence-corrected chi connectivity index (χ1v) is 6.31. The van der Waals surface area contributed by atoms with Crippen molar-refractivity contribution in [1.82, 2.24) is 0 Å². The predicted octanol–water partition coefficient (Wildman–Crippen LogP) is 5.00. The fraction of sp³-hybridized carbons (Fsp3) is 0. The van der Waals surface area contributed by atoms with Gasteiger partial charge in [0.05, 0.1) is 26.4 Å². The highest BCUT2D eigenvalue weighted by atomic mass is 79.9. The number of rotatable bonds is 2. The molecule has 0 amide bonds. The van der Waals surface area contributed by atoms with Gasteiger partial charge >= 0.3 is 0 Å². The molecule has 1 N–H and O–H groups in total. The fourth-order valence-corrected chi connectivity index (χ4v) is 2.13. The van der Waals surface area contributed by atoms with Crippen LogP contribution in [0, 0.1) is 23.0 Å². The highest BCUT2D eigenvalue weighted by Gasteiger charge is 2.14. The van der Waals surface area contributed by atoms with Crippen LogP contribution in [-0.2, 0) is 0 Å². The van der Waals surface area contributed by atoms with Crippen LogP contribution in [0.5, 0.6) is 0 Å². The first kappa shape index (κ1) is 13.8. The predicted molar refractivity (Wildman–Crippen MR) is 73.5 cm³/mol. The van der Waals surface area contributed by atoms with Gasteiger partial charge in [0.25, 0.3) is 0 Å². The summed E-state index contributed by atoms with van der Waals surface area (Å²) in [5.74, 6) is -1.27. The lowest BCUT2D eigenvalue weighted by molar-refractivity contribution is 0.621. The van der Waals surface area contributed by atoms with Gasteiger partial charge in [0, 0.05) is 0 Å². The van der Waals surface area contributed by atoms with Gasteiger partial charge in [0.1, 0.15) is 11.9 Å². The second-order valence-electron chi connectivity index (χ2n) is 3.62. The van der Waals surface area contributed by atoms with Gasteiger partial charge in [-0.05, 0) is 40.2 Å². The van der Waals surface area contributed by atoms with Gasteiger partial charge in [-0.1, -0.05) is 17.7 Å². The first-order chi connectivity index (χ1) is 9.04. The molecule has 19 heavy (non-hydrogen) atoms. The Kier molecular flexibility index (Phi) is 4.03. The van der Waals surface area contributed by atoms with E-state index in [0.717, 1.165) is 0 Å². The minimum atomic E-state index is -0.682. The number of nitrogens with zero attached hydrogens (tertiary/aromatic N) is 1. The van der Waals surface area contributed by atoms with E-state index in [1.807, 2.05) is 6.07 Å². The van der Waals surface area contributed by atoms with Crippen molar-refractivity contribution in [3.63, 3.8) is 0 Å². The highest BCUT2D eigenvalue weighted by molar-refractivity contribution is 9.10. The monoisotopic (exact) mass is 342 g/mol. The number of nitriles is 1. The molecule has 0 aromatic heterocycles. The van der Waals surface area contributed by atoms with Gasteiger partial charge in [0.2, 0.25) is 0 Å². The summed E-state index contributed by atoms with van der Waals surface area (Å²) in [6.07, 6.45) is 0. The van der Waals surface area contributed by atoms with E-state index >= 15 is 0 Å². The molecule has 0 bridgehead atoms. The second kappa shape index (κ2) is 5.55. The topological polar surface area (TPSA) is 35.8 Å². The Labute approximate surface area is 121 Å². The van der Waals surface area contributed by atoms with Crippen LogP contribution in [-0.4, -0.2) is 0 Å². The van der Waals surface area contributed by atoms with Crippen molar-refractivity contribution in [3.05, 3.63) is 57.0 Å². The first-order valence-electron chi connectivity index (χ1n) is 5.13. The van der Waals surface area contributed by atoms with Gasteiger partial charge < -0.3 is 5.32 Å². The molecule has 0 saturated carbocycles. The molecule has 6 heteroatoms. The van der Waals surface area contributed by atoms with Crippen molar-refractivity contribution in [2.45, 2.75) is 0 Å². The van der Waals surface area contributed by atoms with Crippen LogP contribution in [0.1, 0.15) is 5.56 Å². The summed E-state index contributed by atoms with van der Waals surface area (Å²) in [7, 11) is 0. The molecule has 0 spiro atoms. The average molecular weight is 344 g/mol. The molecule has 2 aromatic rings. The van der Waals surface area contributed by atoms with Crippen molar-refractivity contribution in [2.75, 3.05) is 5.32 Å². The van der Waals surface area contributed by atoms with Crippen LogP contribution in [0.2, 0.25) is 5.02 Å². The third-order valence-corrected chi connectivity index (χ3v) is 3.52. The van der Waals surface area contributed by atoms with Crippen LogP contribution in [0.3, 0.4) is 0 Å². The number of anilines is 2. The Morgan fingerprint density at radius 1 is 1.21 bits per heavy atom. The van der Waals surface area contributed by atoms with E-state index in [4.69, 9.17) is 16.9 Å². The molecule has 0 saturated heterocycles. The molecule has 0 fully saturated rings. The third kappa shape index (κ3) is 2.70. The summed E-state index contributed by atoms with van der Waals surface area (Å²) in [5, 5.41) is 11.5. The molecule has 0 aliphatic rings. The lowest BCUT2D eigenvalue weighted by Gasteiger charge is -2.11. The minimum absolute atomic E-state index is 0.0142. The van der Waals surface area contributed by atoms with E-state index in [2.05, 4.69) is 21.2 Å². The summed E-state index contributed by atoms with van der Waals surface area (Å²) in [6, 6.07) is 8.76. The normalized spacial score (nSPS) is 10.1. The SMILES string of the molecule is N#Cc1ccc(Nc2c(F)cccc2Cl)c(F)c1Br. The zero-order valence-electron chi connectivity index (χ0n) is 9.35. The standard InChI is InChI=1S/C13H6BrClF2N2/c14-11-7(6-18)4-5-10(12(11)17)19-13-8(15)2-1-3-9(13)16/h1-5,19H. The second-order valence-corrected chi connectivity index (χ2v) is 4.82. The van der Waals surface area contributed by atoms with E-state index in [1.165, 1.54) is 30.3 Å². The molecule has 0 atom stereocenters. The minimum Gasteiger partial charge on any atom is -0.349 e. The van der Waals surface area contributed by atoms with E-state index in [-0.39, 0.29) is 26.4 Å². The van der Waals surface area contributed by atoms with Gasteiger partial charge in [-0.2, -0.15) is 5.26 Å². The molecule has 2 aromatic carbocycles. The summed E-state index contributed by atoms with van der Waals surface area (Å²) in [5.41, 5.74) is 0.167. The van der Waals surface area contributed by atoms with E-state index in [9.17, 15) is 8.78 Å².